The van der Waals surface area contributed by atoms with Crippen LogP contribution in [-0.2, 0) is 6.54 Å². The van der Waals surface area contributed by atoms with E-state index < -0.39 is 4.92 Å². The lowest BCUT2D eigenvalue weighted by Gasteiger charge is -2.07. The average molecular weight is 238 g/mol. The molecule has 0 radical (unpaired) electrons. The Morgan fingerprint density at radius 2 is 2.24 bits per heavy atom. The molecule has 0 saturated carbocycles. The molecule has 17 heavy (non-hydrogen) atoms. The fourth-order valence-electron chi connectivity index (χ4n) is 1.47. The lowest BCUT2D eigenvalue weighted by Crippen LogP contribution is -2.06. The number of benzene rings is 1. The topological polar surface area (TPSA) is 64.4 Å². The highest BCUT2D eigenvalue weighted by atomic mass is 16.6. The van der Waals surface area contributed by atoms with Gasteiger partial charge in [0.05, 0.1) is 11.5 Å². The first kappa shape index (κ1) is 13.4. The van der Waals surface area contributed by atoms with E-state index >= 15 is 0 Å². The van der Waals surface area contributed by atoms with Crippen LogP contribution in [0.4, 0.5) is 5.69 Å². The first-order valence-electron chi connectivity index (χ1n) is 5.73. The summed E-state index contributed by atoms with van der Waals surface area (Å²) < 4.78 is 5.41. The molecule has 1 N–H and O–H groups in total. The average Bonchev–Trinajstić information content (AvgIpc) is 2.31. The van der Waals surface area contributed by atoms with Crippen LogP contribution >= 0.6 is 0 Å². The molecule has 0 atom stereocenters. The maximum absolute atomic E-state index is 10.9. The Bertz CT molecular complexity index is 380. The summed E-state index contributed by atoms with van der Waals surface area (Å²) in [5.41, 5.74) is 0.913. The third kappa shape index (κ3) is 4.03. The number of nitro groups is 1. The number of hydrogen-bond donors (Lipinski definition) is 1. The summed E-state index contributed by atoms with van der Waals surface area (Å²) in [6.07, 6.45) is 1.90. The zero-order valence-corrected chi connectivity index (χ0v) is 10.2. The number of nitrogens with one attached hydrogen (secondary N) is 1. The highest BCUT2D eigenvalue weighted by molar-refractivity contribution is 5.48. The van der Waals surface area contributed by atoms with Gasteiger partial charge in [-0.1, -0.05) is 19.4 Å². The summed E-state index contributed by atoms with van der Waals surface area (Å²) >= 11 is 0. The fraction of sp³-hybridized carbons (Fsp3) is 0.500. The van der Waals surface area contributed by atoms with Crippen molar-refractivity contribution in [3.63, 3.8) is 0 Å². The molecule has 0 saturated heterocycles. The van der Waals surface area contributed by atoms with Crippen LogP contribution in [-0.4, -0.2) is 18.6 Å². The van der Waals surface area contributed by atoms with E-state index in [1.54, 1.807) is 19.2 Å². The van der Waals surface area contributed by atoms with Gasteiger partial charge in [-0.15, -0.1) is 0 Å². The van der Waals surface area contributed by atoms with Crippen molar-refractivity contribution in [1.29, 1.82) is 0 Å². The van der Waals surface area contributed by atoms with Gasteiger partial charge in [-0.3, -0.25) is 10.1 Å². The van der Waals surface area contributed by atoms with Gasteiger partial charge in [0.15, 0.2) is 5.75 Å². The van der Waals surface area contributed by atoms with E-state index in [1.807, 2.05) is 13.0 Å². The van der Waals surface area contributed by atoms with Gasteiger partial charge in [-0.25, -0.2) is 0 Å². The Morgan fingerprint density at radius 3 is 2.82 bits per heavy atom. The lowest BCUT2D eigenvalue weighted by molar-refractivity contribution is -0.385. The number of hydrogen-bond acceptors (Lipinski definition) is 4. The van der Waals surface area contributed by atoms with Crippen molar-refractivity contribution in [2.75, 3.05) is 13.7 Å². The van der Waals surface area contributed by atoms with Crippen molar-refractivity contribution in [1.82, 2.24) is 5.32 Å². The first-order valence-corrected chi connectivity index (χ1v) is 5.73. The quantitative estimate of drug-likeness (QED) is 0.450. The van der Waals surface area contributed by atoms with Gasteiger partial charge in [0.2, 0.25) is 0 Å². The molecule has 5 nitrogen and oxygen atoms in total. The predicted octanol–water partition coefficient (Wildman–Crippen LogP) is 2.49. The molecule has 0 fully saturated rings. The Morgan fingerprint density at radius 1 is 1.47 bits per heavy atom. The van der Waals surface area contributed by atoms with E-state index in [2.05, 4.69) is 5.32 Å². The van der Waals surface area contributed by atoms with Gasteiger partial charge in [0, 0.05) is 12.6 Å². The summed E-state index contributed by atoms with van der Waals surface area (Å²) in [6.45, 7) is 3.17. The second-order valence-corrected chi connectivity index (χ2v) is 3.79. The van der Waals surface area contributed by atoms with Gasteiger partial charge < -0.3 is 10.1 Å². The summed E-state index contributed by atoms with van der Waals surface area (Å²) in [5.74, 6) is 0.350. The van der Waals surface area contributed by atoms with Crippen LogP contribution < -0.4 is 10.1 Å². The third-order valence-corrected chi connectivity index (χ3v) is 2.36. The van der Waals surface area contributed by atoms with Crippen LogP contribution in [0.15, 0.2) is 18.2 Å². The minimum atomic E-state index is -0.402. The van der Waals surface area contributed by atoms with Gasteiger partial charge in [-0.2, -0.15) is 0 Å². The first-order chi connectivity index (χ1) is 8.19. The van der Waals surface area contributed by atoms with E-state index in [0.29, 0.717) is 18.9 Å². The van der Waals surface area contributed by atoms with Gasteiger partial charge in [0.25, 0.3) is 0 Å². The minimum absolute atomic E-state index is 0.0360. The summed E-state index contributed by atoms with van der Waals surface area (Å²) in [4.78, 5) is 10.5. The molecule has 5 heteroatoms. The largest absolute Gasteiger partial charge is 0.487 e. The number of nitrogens with zero attached hydrogens (tertiary/aromatic N) is 1. The van der Waals surface area contributed by atoms with E-state index in [1.165, 1.54) is 0 Å². The number of ether oxygens (including phenoxy) is 1. The van der Waals surface area contributed by atoms with Gasteiger partial charge >= 0.3 is 5.69 Å². The highest BCUT2D eigenvalue weighted by Gasteiger charge is 2.15. The second kappa shape index (κ2) is 6.85. The third-order valence-electron chi connectivity index (χ3n) is 2.36. The normalized spacial score (nSPS) is 10.2. The molecule has 0 amide bonds. The van der Waals surface area contributed by atoms with Gasteiger partial charge in [-0.05, 0) is 25.1 Å². The monoisotopic (exact) mass is 238 g/mol. The highest BCUT2D eigenvalue weighted by Crippen LogP contribution is 2.28. The molecule has 0 spiro atoms. The van der Waals surface area contributed by atoms with Gasteiger partial charge in [0.1, 0.15) is 0 Å². The Balaban J connectivity index is 2.84. The van der Waals surface area contributed by atoms with Crippen molar-refractivity contribution >= 4 is 5.69 Å². The van der Waals surface area contributed by atoms with Crippen LogP contribution in [0, 0.1) is 10.1 Å². The maximum Gasteiger partial charge on any atom is 0.311 e. The summed E-state index contributed by atoms with van der Waals surface area (Å²) in [5, 5.41) is 13.9. The number of rotatable bonds is 7. The molecule has 0 unspecified atom stereocenters. The van der Waals surface area contributed by atoms with E-state index in [9.17, 15) is 10.1 Å². The molecule has 0 bridgehead atoms. The van der Waals surface area contributed by atoms with Crippen molar-refractivity contribution < 1.29 is 9.66 Å². The molecule has 1 aromatic carbocycles. The molecule has 94 valence electrons. The van der Waals surface area contributed by atoms with Crippen LogP contribution in [0.25, 0.3) is 0 Å². The van der Waals surface area contributed by atoms with Crippen molar-refractivity contribution in [2.45, 2.75) is 26.3 Å². The summed E-state index contributed by atoms with van der Waals surface area (Å²) in [7, 11) is 1.80. The second-order valence-electron chi connectivity index (χ2n) is 3.79. The SMILES string of the molecule is CCCCOc1ccc(CNC)cc1[N+](=O)[O-]. The molecular formula is C12H18N2O3. The van der Waals surface area contributed by atoms with Crippen LogP contribution in [0.2, 0.25) is 0 Å². The van der Waals surface area contributed by atoms with Crippen LogP contribution in [0.5, 0.6) is 5.75 Å². The molecular weight excluding hydrogens is 220 g/mol. The van der Waals surface area contributed by atoms with E-state index in [0.717, 1.165) is 18.4 Å². The Labute approximate surface area is 101 Å². The minimum Gasteiger partial charge on any atom is -0.487 e. The van der Waals surface area contributed by atoms with Crippen molar-refractivity contribution in [3.05, 3.63) is 33.9 Å². The zero-order chi connectivity index (χ0) is 12.7. The smallest absolute Gasteiger partial charge is 0.311 e. The molecule has 0 aliphatic heterocycles. The number of unbranched alkanes of at least 4 members (excludes halogenated alkanes) is 1. The zero-order valence-electron chi connectivity index (χ0n) is 10.2. The molecule has 0 aliphatic carbocycles. The van der Waals surface area contributed by atoms with Crippen molar-refractivity contribution in [2.24, 2.45) is 0 Å². The number of nitro benzene ring substituents is 1. The molecule has 0 aliphatic rings. The Kier molecular flexibility index (Phi) is 5.42. The maximum atomic E-state index is 10.9. The molecule has 0 aromatic heterocycles. The molecule has 1 aromatic rings. The van der Waals surface area contributed by atoms with E-state index in [-0.39, 0.29) is 5.69 Å². The molecule has 1 rings (SSSR count). The van der Waals surface area contributed by atoms with Crippen molar-refractivity contribution in [3.8, 4) is 5.75 Å². The van der Waals surface area contributed by atoms with Crippen LogP contribution in [0.1, 0.15) is 25.3 Å². The summed E-state index contributed by atoms with van der Waals surface area (Å²) in [6, 6.07) is 5.06. The fourth-order valence-corrected chi connectivity index (χ4v) is 1.47. The van der Waals surface area contributed by atoms with Crippen LogP contribution in [0.3, 0.4) is 0 Å². The lowest BCUT2D eigenvalue weighted by atomic mass is 10.2. The Hall–Kier alpha value is -1.62. The standard InChI is InChI=1S/C12H18N2O3/c1-3-4-7-17-12-6-5-10(9-13-2)8-11(12)14(15)16/h5-6,8,13H,3-4,7,9H2,1-2H3. The molecule has 0 heterocycles. The predicted molar refractivity (Wildman–Crippen MR) is 66.3 cm³/mol. The van der Waals surface area contributed by atoms with E-state index in [4.69, 9.17) is 4.74 Å².